The molecule has 0 aliphatic heterocycles. The zero-order chi connectivity index (χ0) is 58.3. The zero-order valence-corrected chi connectivity index (χ0v) is 49.3. The summed E-state index contributed by atoms with van der Waals surface area (Å²) in [6.07, 6.45) is 8.19. The Morgan fingerprint density at radius 1 is 0.310 bits per heavy atom. The Morgan fingerprint density at radius 2 is 0.701 bits per heavy atom. The molecule has 7 aromatic heterocycles. The summed E-state index contributed by atoms with van der Waals surface area (Å²) in [6.45, 7) is 9.18. The van der Waals surface area contributed by atoms with Gasteiger partial charge in [0, 0.05) is 78.2 Å². The number of furan rings is 1. The van der Waals surface area contributed by atoms with Gasteiger partial charge in [0.2, 0.25) is 0 Å². The number of hydrogen-bond acceptors (Lipinski definition) is 3. The summed E-state index contributed by atoms with van der Waals surface area (Å²) < 4.78 is 16.0. The first-order chi connectivity index (χ1) is 42.9. The first kappa shape index (κ1) is 52.1. The highest BCUT2D eigenvalue weighted by molar-refractivity contribution is 6.12. The number of nitrogens with zero attached hydrogens (tertiary/aromatic N) is 6. The van der Waals surface area contributed by atoms with Gasteiger partial charge < -0.3 is 22.7 Å². The molecule has 7 heteroatoms. The second-order valence-corrected chi connectivity index (χ2v) is 23.9. The van der Waals surface area contributed by atoms with Crippen LogP contribution in [0.4, 0.5) is 0 Å². The molecule has 87 heavy (non-hydrogen) atoms. The van der Waals surface area contributed by atoms with Crippen molar-refractivity contribution in [3.8, 4) is 33.9 Å². The van der Waals surface area contributed by atoms with Crippen LogP contribution in [-0.2, 0) is 12.8 Å². The number of para-hydroxylation sites is 6. The highest BCUT2D eigenvalue weighted by Crippen LogP contribution is 2.41. The summed E-state index contributed by atoms with van der Waals surface area (Å²) in [5.41, 5.74) is 22.9. The molecule has 0 spiro atoms. The molecule has 0 N–H and O–H groups in total. The lowest BCUT2D eigenvalue weighted by atomic mass is 9.97. The molecule has 0 radical (unpaired) electrons. The topological polar surface area (TPSA) is 58.6 Å². The first-order valence-electron chi connectivity index (χ1n) is 30.8. The SMILES string of the molecule is CCC(C)Cc1cc(-n2c3ccccc3c3ncccc32)cc(-n2c3ccccc3c3ncccc32)c1.CCC(C)Cc1ccc2c(c1)oc1ccc(-c3cc(-n4c5ccccc5c5ccccc54)cc(-n4c5ccccc5c5ccccc54)c3)cc12. The predicted molar refractivity (Wildman–Crippen MR) is 365 cm³/mol. The number of hydrogen-bond donors (Lipinski definition) is 0. The zero-order valence-electron chi connectivity index (χ0n) is 49.3. The van der Waals surface area contributed by atoms with E-state index in [1.165, 1.54) is 83.0 Å². The molecule has 0 fully saturated rings. The van der Waals surface area contributed by atoms with E-state index in [0.717, 1.165) is 97.1 Å². The summed E-state index contributed by atoms with van der Waals surface area (Å²) >= 11 is 0. The van der Waals surface area contributed by atoms with Crippen LogP contribution >= 0.6 is 0 Å². The monoisotopic (exact) mass is 1120 g/mol. The lowest BCUT2D eigenvalue weighted by molar-refractivity contribution is 0.560. The Bertz CT molecular complexity index is 5030. The molecule has 7 heterocycles. The Hall–Kier alpha value is -10.5. The summed E-state index contributed by atoms with van der Waals surface area (Å²) in [5, 5.41) is 9.68. The molecule has 10 aromatic carbocycles. The van der Waals surface area contributed by atoms with Crippen LogP contribution < -0.4 is 0 Å². The minimum absolute atomic E-state index is 0.600. The molecule has 0 amide bonds. The van der Waals surface area contributed by atoms with Gasteiger partial charge in [0.15, 0.2) is 0 Å². The van der Waals surface area contributed by atoms with Crippen LogP contribution in [0.25, 0.3) is 143 Å². The van der Waals surface area contributed by atoms with E-state index in [-0.39, 0.29) is 0 Å². The molecule has 0 aliphatic rings. The molecule has 0 saturated carbocycles. The lowest BCUT2D eigenvalue weighted by Crippen LogP contribution is -2.04. The van der Waals surface area contributed by atoms with E-state index in [1.54, 1.807) is 0 Å². The molecular formula is C80H64N6O. The summed E-state index contributed by atoms with van der Waals surface area (Å²) in [7, 11) is 0. The maximum atomic E-state index is 6.45. The fourth-order valence-electron chi connectivity index (χ4n) is 13.8. The van der Waals surface area contributed by atoms with Crippen molar-refractivity contribution in [1.82, 2.24) is 28.2 Å². The van der Waals surface area contributed by atoms with Gasteiger partial charge in [0.1, 0.15) is 11.2 Å². The van der Waals surface area contributed by atoms with Crippen molar-refractivity contribution in [3.63, 3.8) is 0 Å². The molecule has 2 unspecified atom stereocenters. The van der Waals surface area contributed by atoms with Gasteiger partial charge in [0.25, 0.3) is 0 Å². The van der Waals surface area contributed by atoms with Gasteiger partial charge in [-0.2, -0.15) is 0 Å². The van der Waals surface area contributed by atoms with E-state index in [9.17, 15) is 0 Å². The van der Waals surface area contributed by atoms with Crippen LogP contribution in [0.3, 0.4) is 0 Å². The first-order valence-corrected chi connectivity index (χ1v) is 30.8. The molecule has 0 saturated heterocycles. The van der Waals surface area contributed by atoms with Gasteiger partial charge in [-0.3, -0.25) is 9.97 Å². The predicted octanol–water partition coefficient (Wildman–Crippen LogP) is 21.3. The second kappa shape index (κ2) is 21.2. The van der Waals surface area contributed by atoms with Gasteiger partial charge in [-0.15, -0.1) is 0 Å². The van der Waals surface area contributed by atoms with Crippen molar-refractivity contribution in [2.45, 2.75) is 53.4 Å². The maximum Gasteiger partial charge on any atom is 0.135 e. The maximum absolute atomic E-state index is 6.45. The average Bonchev–Trinajstić information content (AvgIpc) is 2.96. The van der Waals surface area contributed by atoms with Crippen LogP contribution in [0.1, 0.15) is 51.7 Å². The van der Waals surface area contributed by atoms with E-state index in [1.807, 2.05) is 24.5 Å². The van der Waals surface area contributed by atoms with Gasteiger partial charge >= 0.3 is 0 Å². The Kier molecular flexibility index (Phi) is 12.7. The van der Waals surface area contributed by atoms with E-state index in [4.69, 9.17) is 14.4 Å². The van der Waals surface area contributed by atoms with Gasteiger partial charge in [-0.1, -0.05) is 168 Å². The van der Waals surface area contributed by atoms with E-state index < -0.39 is 0 Å². The van der Waals surface area contributed by atoms with Gasteiger partial charge in [-0.05, 0) is 162 Å². The fourth-order valence-corrected chi connectivity index (χ4v) is 13.8. The Balaban J connectivity index is 0.000000147. The molecular weight excluding hydrogens is 1060 g/mol. The minimum atomic E-state index is 0.600. The summed E-state index contributed by atoms with van der Waals surface area (Å²) in [5.74, 6) is 1.25. The van der Waals surface area contributed by atoms with Gasteiger partial charge in [-0.25, -0.2) is 0 Å². The normalized spacial score (nSPS) is 12.7. The average molecular weight is 1130 g/mol. The third-order valence-electron chi connectivity index (χ3n) is 18.3. The van der Waals surface area contributed by atoms with Crippen LogP contribution in [0.5, 0.6) is 0 Å². The molecule has 0 bridgehead atoms. The third kappa shape index (κ3) is 8.78. The van der Waals surface area contributed by atoms with Crippen LogP contribution in [0.2, 0.25) is 0 Å². The second-order valence-electron chi connectivity index (χ2n) is 23.9. The number of benzene rings is 10. The lowest BCUT2D eigenvalue weighted by Gasteiger charge is -2.17. The van der Waals surface area contributed by atoms with Crippen LogP contribution in [-0.4, -0.2) is 28.2 Å². The Morgan fingerprint density at radius 3 is 1.16 bits per heavy atom. The van der Waals surface area contributed by atoms with Crippen molar-refractivity contribution in [2.75, 3.05) is 0 Å². The molecule has 17 rings (SSSR count). The van der Waals surface area contributed by atoms with Crippen molar-refractivity contribution >= 4 is 109 Å². The fraction of sp³-hybridized carbons (Fsp3) is 0.125. The quantitative estimate of drug-likeness (QED) is 0.130. The highest BCUT2D eigenvalue weighted by atomic mass is 16.3. The third-order valence-corrected chi connectivity index (χ3v) is 18.3. The number of pyridine rings is 2. The molecule has 420 valence electrons. The number of rotatable bonds is 11. The smallest absolute Gasteiger partial charge is 0.135 e. The molecule has 2 atom stereocenters. The molecule has 0 aliphatic carbocycles. The summed E-state index contributed by atoms with van der Waals surface area (Å²) in [4.78, 5) is 9.52. The standard InChI is InChI=1S/C47H36N2O.C33H28N4/c1-3-30(2)24-31-20-22-40-41-28-32(21-23-46(41)50-47(40)25-31)33-26-34(48-42-16-8-4-12-36(42)37-13-5-9-17-43(37)48)29-35(27-33)49-44-18-10-6-14-38(44)39-15-7-11-19-45(39)49;1-3-22(2)18-23-19-24(36-28-12-6-4-10-26(28)32-30(36)14-8-16-34-32)21-25(20-23)37-29-13-7-5-11-27(29)33-31(37)15-9-17-35-33/h4-23,25-30H,3,24H2,1-2H3;4-17,19-22H,3,18H2,1-2H3. The van der Waals surface area contributed by atoms with Crippen molar-refractivity contribution in [3.05, 3.63) is 266 Å². The van der Waals surface area contributed by atoms with Crippen LogP contribution in [0, 0.1) is 11.8 Å². The highest BCUT2D eigenvalue weighted by Gasteiger charge is 2.21. The number of aromatic nitrogens is 6. The van der Waals surface area contributed by atoms with Crippen molar-refractivity contribution in [1.29, 1.82) is 0 Å². The molecule has 17 aromatic rings. The van der Waals surface area contributed by atoms with E-state index >= 15 is 0 Å². The van der Waals surface area contributed by atoms with Crippen molar-refractivity contribution < 1.29 is 4.42 Å². The Labute approximate surface area is 504 Å². The minimum Gasteiger partial charge on any atom is -0.456 e. The van der Waals surface area contributed by atoms with Crippen molar-refractivity contribution in [2.24, 2.45) is 11.8 Å². The van der Waals surface area contributed by atoms with Crippen LogP contribution in [0.15, 0.2) is 259 Å². The summed E-state index contributed by atoms with van der Waals surface area (Å²) in [6, 6.07) is 88.1. The largest absolute Gasteiger partial charge is 0.456 e. The van der Waals surface area contributed by atoms with E-state index in [2.05, 4.69) is 276 Å². The van der Waals surface area contributed by atoms with E-state index in [0.29, 0.717) is 11.8 Å². The molecule has 7 nitrogen and oxygen atoms in total. The van der Waals surface area contributed by atoms with Gasteiger partial charge in [0.05, 0.1) is 55.2 Å². The number of fused-ring (bicyclic) bond motifs is 15.